The zero-order valence-electron chi connectivity index (χ0n) is 9.70. The number of methoxy groups -OCH3 is 1. The summed E-state index contributed by atoms with van der Waals surface area (Å²) in [6.45, 7) is 3.20. The van der Waals surface area contributed by atoms with E-state index in [4.69, 9.17) is 15.2 Å². The van der Waals surface area contributed by atoms with Gasteiger partial charge >= 0.3 is 0 Å². The summed E-state index contributed by atoms with van der Waals surface area (Å²) < 4.78 is 23.2. The van der Waals surface area contributed by atoms with Crippen molar-refractivity contribution in [3.05, 3.63) is 35.1 Å². The zero-order valence-corrected chi connectivity index (χ0v) is 9.70. The highest BCUT2D eigenvalue weighted by molar-refractivity contribution is 5.26. The molecule has 0 radical (unpaired) electrons. The Morgan fingerprint density at radius 2 is 2.12 bits per heavy atom. The first-order valence-electron chi connectivity index (χ1n) is 5.23. The molecule has 1 rings (SSSR count). The first-order chi connectivity index (χ1) is 7.65. The van der Waals surface area contributed by atoms with Crippen molar-refractivity contribution in [1.29, 1.82) is 0 Å². The van der Waals surface area contributed by atoms with Gasteiger partial charge in [-0.3, -0.25) is 0 Å². The molecule has 1 unspecified atom stereocenters. The van der Waals surface area contributed by atoms with E-state index in [1.807, 2.05) is 0 Å². The molecule has 0 aliphatic heterocycles. The van der Waals surface area contributed by atoms with Crippen molar-refractivity contribution in [3.63, 3.8) is 0 Å². The first kappa shape index (κ1) is 13.1. The SMILES string of the molecule is COCCOCC(N)c1ccc(F)c(C)c1. The van der Waals surface area contributed by atoms with Crippen molar-refractivity contribution < 1.29 is 13.9 Å². The van der Waals surface area contributed by atoms with Crippen LogP contribution in [0.4, 0.5) is 4.39 Å². The maximum Gasteiger partial charge on any atom is 0.126 e. The van der Waals surface area contributed by atoms with E-state index in [2.05, 4.69) is 0 Å². The minimum absolute atomic E-state index is 0.212. The lowest BCUT2D eigenvalue weighted by molar-refractivity contribution is 0.0636. The minimum atomic E-state index is -0.226. The van der Waals surface area contributed by atoms with Crippen molar-refractivity contribution in [3.8, 4) is 0 Å². The standard InChI is InChI=1S/C12H18FNO2/c1-9-7-10(3-4-11(9)13)12(14)8-16-6-5-15-2/h3-4,7,12H,5-6,8,14H2,1-2H3. The molecule has 0 heterocycles. The van der Waals surface area contributed by atoms with Gasteiger partial charge < -0.3 is 15.2 Å². The topological polar surface area (TPSA) is 44.5 Å². The van der Waals surface area contributed by atoms with Crippen LogP contribution in [-0.4, -0.2) is 26.9 Å². The number of benzene rings is 1. The number of rotatable bonds is 6. The molecule has 0 aromatic heterocycles. The van der Waals surface area contributed by atoms with Gasteiger partial charge in [-0.15, -0.1) is 0 Å². The summed E-state index contributed by atoms with van der Waals surface area (Å²) in [4.78, 5) is 0. The van der Waals surface area contributed by atoms with E-state index in [-0.39, 0.29) is 11.9 Å². The van der Waals surface area contributed by atoms with Crippen molar-refractivity contribution in [2.24, 2.45) is 5.73 Å². The van der Waals surface area contributed by atoms with Crippen molar-refractivity contribution in [1.82, 2.24) is 0 Å². The Morgan fingerprint density at radius 1 is 1.38 bits per heavy atom. The number of halogens is 1. The highest BCUT2D eigenvalue weighted by Crippen LogP contribution is 2.15. The van der Waals surface area contributed by atoms with Crippen LogP contribution >= 0.6 is 0 Å². The fourth-order valence-corrected chi connectivity index (χ4v) is 1.35. The van der Waals surface area contributed by atoms with Gasteiger partial charge in [-0.25, -0.2) is 4.39 Å². The third-order valence-electron chi connectivity index (χ3n) is 2.34. The summed E-state index contributed by atoms with van der Waals surface area (Å²) in [6.07, 6.45) is 0. The first-order valence-corrected chi connectivity index (χ1v) is 5.23. The molecule has 1 aromatic carbocycles. The molecule has 2 N–H and O–H groups in total. The Morgan fingerprint density at radius 3 is 2.75 bits per heavy atom. The molecule has 0 spiro atoms. The second kappa shape index (κ2) is 6.58. The lowest BCUT2D eigenvalue weighted by Gasteiger charge is -2.13. The van der Waals surface area contributed by atoms with Gasteiger partial charge in [0.25, 0.3) is 0 Å². The summed E-state index contributed by atoms with van der Waals surface area (Å²) in [6, 6.07) is 4.64. The lowest BCUT2D eigenvalue weighted by Crippen LogP contribution is -2.18. The Kier molecular flexibility index (Phi) is 5.38. The van der Waals surface area contributed by atoms with Crippen LogP contribution in [0.3, 0.4) is 0 Å². The van der Waals surface area contributed by atoms with Crippen LogP contribution in [0.1, 0.15) is 17.2 Å². The normalized spacial score (nSPS) is 12.8. The maximum absolute atomic E-state index is 13.0. The molecule has 0 bridgehead atoms. The molecule has 1 atom stereocenters. The van der Waals surface area contributed by atoms with Crippen LogP contribution < -0.4 is 5.73 Å². The molecule has 1 aromatic rings. The quantitative estimate of drug-likeness (QED) is 0.754. The molecule has 90 valence electrons. The van der Waals surface area contributed by atoms with Crippen molar-refractivity contribution >= 4 is 0 Å². The average Bonchev–Trinajstić information content (AvgIpc) is 2.28. The van der Waals surface area contributed by atoms with Gasteiger partial charge in [0.1, 0.15) is 5.82 Å². The lowest BCUT2D eigenvalue weighted by atomic mass is 10.1. The number of ether oxygens (including phenoxy) is 2. The highest BCUT2D eigenvalue weighted by atomic mass is 19.1. The Hall–Kier alpha value is -0.970. The minimum Gasteiger partial charge on any atom is -0.382 e. The second-order valence-corrected chi connectivity index (χ2v) is 3.68. The second-order valence-electron chi connectivity index (χ2n) is 3.68. The van der Waals surface area contributed by atoms with E-state index in [0.717, 1.165) is 5.56 Å². The van der Waals surface area contributed by atoms with Crippen LogP contribution in [-0.2, 0) is 9.47 Å². The number of aryl methyl sites for hydroxylation is 1. The van der Waals surface area contributed by atoms with Crippen LogP contribution in [0.25, 0.3) is 0 Å². The monoisotopic (exact) mass is 227 g/mol. The fraction of sp³-hybridized carbons (Fsp3) is 0.500. The number of hydrogen-bond donors (Lipinski definition) is 1. The molecular formula is C12H18FNO2. The van der Waals surface area contributed by atoms with Crippen LogP contribution in [0.5, 0.6) is 0 Å². The fourth-order valence-electron chi connectivity index (χ4n) is 1.35. The summed E-state index contributed by atoms with van der Waals surface area (Å²) in [7, 11) is 1.62. The van der Waals surface area contributed by atoms with Gasteiger partial charge in [-0.1, -0.05) is 12.1 Å². The predicted molar refractivity (Wildman–Crippen MR) is 60.8 cm³/mol. The van der Waals surface area contributed by atoms with E-state index in [1.165, 1.54) is 6.07 Å². The third kappa shape index (κ3) is 3.89. The summed E-state index contributed by atoms with van der Waals surface area (Å²) >= 11 is 0. The molecular weight excluding hydrogens is 209 g/mol. The molecule has 0 saturated carbocycles. The van der Waals surface area contributed by atoms with Crippen molar-refractivity contribution in [2.45, 2.75) is 13.0 Å². The molecule has 0 aliphatic carbocycles. The van der Waals surface area contributed by atoms with E-state index in [1.54, 1.807) is 26.2 Å². The number of nitrogens with two attached hydrogens (primary N) is 1. The molecule has 0 aliphatic rings. The van der Waals surface area contributed by atoms with E-state index in [0.29, 0.717) is 25.4 Å². The summed E-state index contributed by atoms with van der Waals surface area (Å²) in [5, 5.41) is 0. The van der Waals surface area contributed by atoms with Crippen molar-refractivity contribution in [2.75, 3.05) is 26.9 Å². The molecule has 3 nitrogen and oxygen atoms in total. The third-order valence-corrected chi connectivity index (χ3v) is 2.34. The Labute approximate surface area is 95.4 Å². The van der Waals surface area contributed by atoms with Gasteiger partial charge in [0.15, 0.2) is 0 Å². The number of hydrogen-bond acceptors (Lipinski definition) is 3. The Balaban J connectivity index is 2.46. The van der Waals surface area contributed by atoms with E-state index in [9.17, 15) is 4.39 Å². The van der Waals surface area contributed by atoms with Gasteiger partial charge in [0.2, 0.25) is 0 Å². The van der Waals surface area contributed by atoms with Gasteiger partial charge in [0.05, 0.1) is 25.9 Å². The van der Waals surface area contributed by atoms with E-state index < -0.39 is 0 Å². The molecule has 0 saturated heterocycles. The van der Waals surface area contributed by atoms with Crippen LogP contribution in [0, 0.1) is 12.7 Å². The molecule has 16 heavy (non-hydrogen) atoms. The zero-order chi connectivity index (χ0) is 12.0. The molecule has 4 heteroatoms. The highest BCUT2D eigenvalue weighted by Gasteiger charge is 2.07. The molecule has 0 amide bonds. The van der Waals surface area contributed by atoms with Gasteiger partial charge in [-0.2, -0.15) is 0 Å². The largest absolute Gasteiger partial charge is 0.382 e. The molecule has 0 fully saturated rings. The smallest absolute Gasteiger partial charge is 0.126 e. The van der Waals surface area contributed by atoms with Crippen LogP contribution in [0.2, 0.25) is 0 Å². The maximum atomic E-state index is 13.0. The predicted octanol–water partition coefficient (Wildman–Crippen LogP) is 1.80. The van der Waals surface area contributed by atoms with Crippen LogP contribution in [0.15, 0.2) is 18.2 Å². The summed E-state index contributed by atoms with van der Waals surface area (Å²) in [5.41, 5.74) is 7.40. The Bertz CT molecular complexity index is 331. The summed E-state index contributed by atoms with van der Waals surface area (Å²) in [5.74, 6) is -0.212. The van der Waals surface area contributed by atoms with Gasteiger partial charge in [-0.05, 0) is 24.1 Å². The van der Waals surface area contributed by atoms with Gasteiger partial charge in [0, 0.05) is 7.11 Å². The average molecular weight is 227 g/mol. The van der Waals surface area contributed by atoms with E-state index >= 15 is 0 Å².